The number of unbranched alkanes of at least 4 members (excludes halogenated alkanes) is 1. The molecule has 1 aromatic rings. The summed E-state index contributed by atoms with van der Waals surface area (Å²) >= 11 is 0. The number of rotatable bonds is 18. The Hall–Kier alpha value is -5.59. The van der Waals surface area contributed by atoms with Crippen LogP contribution in [0.2, 0.25) is 0 Å². The van der Waals surface area contributed by atoms with Crippen molar-refractivity contribution in [1.82, 2.24) is 0 Å². The first-order valence-corrected chi connectivity index (χ1v) is 18.6. The van der Waals surface area contributed by atoms with E-state index in [9.17, 15) is 49.3 Å². The minimum absolute atomic E-state index is 0.0174. The number of aliphatic hydroxyl groups excluding tert-OH is 1. The van der Waals surface area contributed by atoms with E-state index in [0.717, 1.165) is 5.57 Å². The van der Waals surface area contributed by atoms with Crippen LogP contribution in [0.1, 0.15) is 82.0 Å². The van der Waals surface area contributed by atoms with Crippen LogP contribution in [0.4, 0.5) is 4.79 Å². The van der Waals surface area contributed by atoms with Crippen molar-refractivity contribution in [3.8, 4) is 11.5 Å². The molecule has 0 heterocycles. The second-order valence-corrected chi connectivity index (χ2v) is 15.0. The minimum Gasteiger partial charge on any atom is -0.493 e. The van der Waals surface area contributed by atoms with E-state index in [2.05, 4.69) is 9.68 Å². The van der Waals surface area contributed by atoms with Gasteiger partial charge < -0.3 is 38.5 Å². The normalized spacial score (nSPS) is 28.4. The van der Waals surface area contributed by atoms with Gasteiger partial charge in [0, 0.05) is 29.6 Å². The highest BCUT2D eigenvalue weighted by Gasteiger charge is 2.70. The lowest BCUT2D eigenvalue weighted by molar-refractivity contribution is -0.757. The number of aliphatic hydroxyl groups is 1. The lowest BCUT2D eigenvalue weighted by Gasteiger charge is -2.59. The van der Waals surface area contributed by atoms with Crippen LogP contribution < -0.4 is 9.47 Å². The third-order valence-corrected chi connectivity index (χ3v) is 11.9. The van der Waals surface area contributed by atoms with Crippen molar-refractivity contribution in [2.45, 2.75) is 83.3 Å². The number of hydrogen-bond donors (Lipinski definition) is 1. The first kappa shape index (κ1) is 42.6. The van der Waals surface area contributed by atoms with Gasteiger partial charge in [-0.2, -0.15) is 0 Å². The van der Waals surface area contributed by atoms with Crippen molar-refractivity contribution < 1.29 is 72.6 Å². The van der Waals surface area contributed by atoms with E-state index in [1.165, 1.54) is 25.3 Å². The van der Waals surface area contributed by atoms with Crippen molar-refractivity contribution >= 4 is 29.7 Å². The van der Waals surface area contributed by atoms with Crippen LogP contribution >= 0.6 is 0 Å². The van der Waals surface area contributed by atoms with Crippen LogP contribution in [0.25, 0.3) is 0 Å². The molecular weight excluding hydrogens is 756 g/mol. The van der Waals surface area contributed by atoms with Crippen LogP contribution in [0.15, 0.2) is 42.0 Å². The van der Waals surface area contributed by atoms with Gasteiger partial charge in [0.15, 0.2) is 29.5 Å². The number of carbonyl (C=O) groups excluding carboxylic acids is 5. The molecule has 0 amide bonds. The zero-order valence-corrected chi connectivity index (χ0v) is 31.8. The first-order chi connectivity index (χ1) is 27.0. The van der Waals surface area contributed by atoms with Crippen LogP contribution in [-0.4, -0.2) is 90.2 Å². The summed E-state index contributed by atoms with van der Waals surface area (Å²) in [6, 6.07) is 3.80. The topological polar surface area (TPSA) is 256 Å². The predicted octanol–water partition coefficient (Wildman–Crippen LogP) is 4.47. The zero-order chi connectivity index (χ0) is 41.5. The van der Waals surface area contributed by atoms with Gasteiger partial charge in [0.05, 0.1) is 38.6 Å². The van der Waals surface area contributed by atoms with Crippen molar-refractivity contribution in [2.75, 3.05) is 33.5 Å². The van der Waals surface area contributed by atoms with Crippen LogP contribution in [0.5, 0.6) is 11.5 Å². The number of methoxy groups -OCH3 is 1. The summed E-state index contributed by atoms with van der Waals surface area (Å²) in [5.41, 5.74) is -2.59. The molecule has 0 spiro atoms. The summed E-state index contributed by atoms with van der Waals surface area (Å²) in [5.74, 6) is -3.20. The van der Waals surface area contributed by atoms with Gasteiger partial charge in [0.1, 0.15) is 0 Å². The Balaban J connectivity index is 1.29. The Labute approximate surface area is 326 Å². The summed E-state index contributed by atoms with van der Waals surface area (Å²) in [6.07, 6.45) is 4.70. The standard InChI is InChI=1S/C38H46N2O17/c1-36-14-12-25(41)20-24(36)9-10-26-27-13-15-38(37(27,2)21-28(42)33(26)36,57-32(44)7-6-18-55-40(49)50)31(43)22-53-35(46)56-29-11-8-23(19-30(29)51-3)34(45)52-16-4-5-17-54-39(47)48/h8-9,11-12,14,19,26-28,33,42H,4-7,10,13,15-18,20-22H2,1-3H3/t26-,27-,28-,33+,36-,37-,38-/m0/s1. The van der Waals surface area contributed by atoms with E-state index in [0.29, 0.717) is 19.3 Å². The highest BCUT2D eigenvalue weighted by atomic mass is 17.0. The number of ketones is 2. The van der Waals surface area contributed by atoms with E-state index in [1.54, 1.807) is 13.0 Å². The van der Waals surface area contributed by atoms with Crippen molar-refractivity contribution in [3.05, 3.63) is 67.8 Å². The van der Waals surface area contributed by atoms with E-state index >= 15 is 0 Å². The third kappa shape index (κ3) is 9.03. The van der Waals surface area contributed by atoms with Gasteiger partial charge in [-0.25, -0.2) is 9.59 Å². The molecular formula is C38H46N2O17. The molecule has 4 aliphatic carbocycles. The quantitative estimate of drug-likeness (QED) is 0.0408. The molecule has 2 fully saturated rings. The summed E-state index contributed by atoms with van der Waals surface area (Å²) < 4.78 is 27.1. The minimum atomic E-state index is -1.85. The number of fused-ring (bicyclic) bond motifs is 5. The highest BCUT2D eigenvalue weighted by Crippen LogP contribution is 2.67. The lowest BCUT2D eigenvalue weighted by Crippen LogP contribution is -2.63. The number of benzene rings is 1. The molecule has 0 saturated heterocycles. The molecule has 0 radical (unpaired) electrons. The molecule has 4 aliphatic rings. The van der Waals surface area contributed by atoms with Crippen LogP contribution in [-0.2, 0) is 38.3 Å². The van der Waals surface area contributed by atoms with Crippen LogP contribution in [0.3, 0.4) is 0 Å². The van der Waals surface area contributed by atoms with Gasteiger partial charge in [-0.15, -0.1) is 20.2 Å². The van der Waals surface area contributed by atoms with Gasteiger partial charge in [-0.1, -0.05) is 31.6 Å². The fraction of sp³-hybridized carbons (Fsp3) is 0.605. The predicted molar refractivity (Wildman–Crippen MR) is 191 cm³/mol. The highest BCUT2D eigenvalue weighted by molar-refractivity contribution is 5.94. The molecule has 57 heavy (non-hydrogen) atoms. The molecule has 5 rings (SSSR count). The molecule has 1 aromatic carbocycles. The molecule has 2 saturated carbocycles. The molecule has 0 unspecified atom stereocenters. The van der Waals surface area contributed by atoms with Crippen LogP contribution in [0, 0.1) is 48.8 Å². The van der Waals surface area contributed by atoms with Crippen molar-refractivity contribution in [1.29, 1.82) is 0 Å². The summed E-state index contributed by atoms with van der Waals surface area (Å²) in [5, 5.41) is 30.8. The Morgan fingerprint density at radius 2 is 1.67 bits per heavy atom. The number of ether oxygens (including phenoxy) is 5. The molecule has 7 atom stereocenters. The average molecular weight is 803 g/mol. The zero-order valence-electron chi connectivity index (χ0n) is 31.8. The van der Waals surface area contributed by atoms with Crippen molar-refractivity contribution in [3.63, 3.8) is 0 Å². The van der Waals surface area contributed by atoms with Gasteiger partial charge in [-0.3, -0.25) is 14.4 Å². The molecule has 19 nitrogen and oxygen atoms in total. The third-order valence-electron chi connectivity index (χ3n) is 11.9. The largest absolute Gasteiger partial charge is 0.514 e. The maximum atomic E-state index is 14.4. The van der Waals surface area contributed by atoms with E-state index in [1.807, 2.05) is 19.1 Å². The van der Waals surface area contributed by atoms with E-state index in [4.69, 9.17) is 23.7 Å². The molecule has 0 bridgehead atoms. The maximum absolute atomic E-state index is 14.4. The number of allylic oxidation sites excluding steroid dienone is 4. The van der Waals surface area contributed by atoms with E-state index < -0.39 is 63.2 Å². The van der Waals surface area contributed by atoms with Gasteiger partial charge in [-0.05, 0) is 81.1 Å². The second-order valence-electron chi connectivity index (χ2n) is 15.0. The Morgan fingerprint density at radius 3 is 2.37 bits per heavy atom. The van der Waals surface area contributed by atoms with E-state index in [-0.39, 0.29) is 98.9 Å². The molecule has 0 aromatic heterocycles. The molecule has 1 N–H and O–H groups in total. The van der Waals surface area contributed by atoms with Gasteiger partial charge >= 0.3 is 18.1 Å². The fourth-order valence-electron chi connectivity index (χ4n) is 9.34. The van der Waals surface area contributed by atoms with Gasteiger partial charge in [0.2, 0.25) is 5.78 Å². The number of carbonyl (C=O) groups is 5. The summed E-state index contributed by atoms with van der Waals surface area (Å²) in [6.45, 7) is 2.35. The van der Waals surface area contributed by atoms with Crippen molar-refractivity contribution in [2.24, 2.45) is 28.6 Å². The number of esters is 2. The number of hydrogen-bond acceptors (Lipinski definition) is 17. The second kappa shape index (κ2) is 17.7. The molecule has 19 heteroatoms. The molecule has 310 valence electrons. The maximum Gasteiger partial charge on any atom is 0.514 e. The smallest absolute Gasteiger partial charge is 0.493 e. The Bertz CT molecular complexity index is 1830. The van der Waals surface area contributed by atoms with Gasteiger partial charge in [0.25, 0.3) is 10.2 Å². The summed E-state index contributed by atoms with van der Waals surface area (Å²) in [7, 11) is 1.26. The SMILES string of the molecule is COc1cc(C(=O)OCCCCO[N+](=O)[O-])ccc1OC(=O)OCC(=O)[C@@]1(OC(=O)CCCO[N+](=O)[O-])CC[C@H]2[C@@H]3CC=C4CC(=O)C=C[C@]4(C)[C@H]3[C@@H](O)C[C@@]21C. The lowest BCUT2D eigenvalue weighted by atomic mass is 9.47. The fourth-order valence-corrected chi connectivity index (χ4v) is 9.34. The summed E-state index contributed by atoms with van der Waals surface area (Å²) in [4.78, 5) is 94.9. The number of nitrogens with zero attached hydrogens (tertiary/aromatic N) is 2. The Morgan fingerprint density at radius 1 is 0.965 bits per heavy atom. The average Bonchev–Trinajstić information content (AvgIpc) is 3.45. The first-order valence-electron chi connectivity index (χ1n) is 18.6. The molecule has 0 aliphatic heterocycles. The Kier molecular flexibility index (Phi) is 13.2. The monoisotopic (exact) mass is 802 g/mol. The number of Topliss-reactive ketones (excluding diaryl/α,β-unsaturated/α-hetero) is 1.